The number of nitrogens with one attached hydrogen (secondary N) is 1. The van der Waals surface area contributed by atoms with Crippen LogP contribution in [0.5, 0.6) is 0 Å². The predicted molar refractivity (Wildman–Crippen MR) is 26.6 cm³/mol. The molecule has 0 saturated heterocycles. The second-order valence-corrected chi connectivity index (χ2v) is 1.15. The van der Waals surface area contributed by atoms with E-state index in [0.29, 0.717) is 0 Å². The number of ether oxygens (including phenoxy) is 1. The number of hydrazone groups is 1. The minimum absolute atomic E-state index is 0.511. The third-order valence-corrected chi connectivity index (χ3v) is 0.704. The summed E-state index contributed by atoms with van der Waals surface area (Å²) in [6.45, 7) is 0. The Bertz CT molecular complexity index is 77.8. The summed E-state index contributed by atoms with van der Waals surface area (Å²) >= 11 is 3.45. The van der Waals surface area contributed by atoms with E-state index in [1.54, 1.807) is 0 Å². The van der Waals surface area contributed by atoms with E-state index < -0.39 is 6.41 Å². The molecule has 0 spiro atoms. The lowest BCUT2D eigenvalue weighted by atomic mass is 11.2. The summed E-state index contributed by atoms with van der Waals surface area (Å²) in [4.78, 5) is 0. The third kappa shape index (κ3) is 0.971. The molecular formula is C2H4N2O2S. The van der Waals surface area contributed by atoms with Gasteiger partial charge in [0, 0.05) is 0 Å². The molecule has 1 unspecified atom stereocenters. The molecule has 0 amide bonds. The Balaban J connectivity index is 2.22. The molecule has 40 valence electrons. The van der Waals surface area contributed by atoms with Crippen LogP contribution in [0.2, 0.25) is 0 Å². The van der Waals surface area contributed by atoms with Gasteiger partial charge in [-0.3, -0.25) is 4.18 Å². The smallest absolute Gasteiger partial charge is 0.307 e. The van der Waals surface area contributed by atoms with E-state index in [0.717, 1.165) is 0 Å². The van der Waals surface area contributed by atoms with Gasteiger partial charge in [-0.15, -0.1) is 5.10 Å². The van der Waals surface area contributed by atoms with Crippen LogP contribution >= 0.6 is 12.9 Å². The van der Waals surface area contributed by atoms with Crippen molar-refractivity contribution < 1.29 is 8.92 Å². The van der Waals surface area contributed by atoms with Gasteiger partial charge in [-0.05, 0) is 12.9 Å². The van der Waals surface area contributed by atoms with Crippen LogP contribution in [-0.2, 0) is 8.92 Å². The van der Waals surface area contributed by atoms with E-state index in [1.165, 1.54) is 6.40 Å². The molecule has 1 aliphatic rings. The maximum atomic E-state index is 4.60. The van der Waals surface area contributed by atoms with Crippen molar-refractivity contribution in [3.8, 4) is 0 Å². The second-order valence-electron chi connectivity index (χ2n) is 0.937. The van der Waals surface area contributed by atoms with E-state index in [2.05, 4.69) is 32.4 Å². The van der Waals surface area contributed by atoms with Gasteiger partial charge in [0.15, 0.2) is 6.40 Å². The molecule has 0 aromatic heterocycles. The zero-order chi connectivity index (χ0) is 5.11. The first kappa shape index (κ1) is 4.73. The van der Waals surface area contributed by atoms with Crippen molar-refractivity contribution in [2.45, 2.75) is 6.41 Å². The third-order valence-electron chi connectivity index (χ3n) is 0.513. The fraction of sp³-hybridized carbons (Fsp3) is 0.500. The summed E-state index contributed by atoms with van der Waals surface area (Å²) in [6, 6.07) is 0. The molecule has 5 heteroatoms. The molecule has 1 rings (SSSR count). The van der Waals surface area contributed by atoms with E-state index in [1.807, 2.05) is 0 Å². The van der Waals surface area contributed by atoms with Gasteiger partial charge in [0.1, 0.15) is 0 Å². The molecule has 0 bridgehead atoms. The quantitative estimate of drug-likeness (QED) is 0.368. The van der Waals surface area contributed by atoms with Crippen molar-refractivity contribution >= 4 is 19.3 Å². The van der Waals surface area contributed by atoms with Crippen LogP contribution in [0.4, 0.5) is 0 Å². The van der Waals surface area contributed by atoms with Crippen molar-refractivity contribution in [3.63, 3.8) is 0 Å². The summed E-state index contributed by atoms with van der Waals surface area (Å²) in [7, 11) is 0. The van der Waals surface area contributed by atoms with Crippen molar-refractivity contribution in [2.75, 3.05) is 0 Å². The van der Waals surface area contributed by atoms with Crippen LogP contribution in [0.15, 0.2) is 5.10 Å². The molecule has 7 heavy (non-hydrogen) atoms. The Labute approximate surface area is 46.1 Å². The minimum atomic E-state index is -0.511. The molecule has 1 N–H and O–H groups in total. The topological polar surface area (TPSA) is 42.8 Å². The first-order valence-corrected chi connectivity index (χ1v) is 2.03. The fourth-order valence-corrected chi connectivity index (χ4v) is 0.353. The molecule has 4 nitrogen and oxygen atoms in total. The molecular weight excluding hydrogens is 116 g/mol. The lowest BCUT2D eigenvalue weighted by molar-refractivity contribution is 0.0127. The molecule has 0 radical (unpaired) electrons. The monoisotopic (exact) mass is 120 g/mol. The average Bonchev–Trinajstić information content (AvgIpc) is 2.14. The average molecular weight is 120 g/mol. The number of thiol groups is 1. The Morgan fingerprint density at radius 1 is 2.00 bits per heavy atom. The van der Waals surface area contributed by atoms with Gasteiger partial charge in [0.25, 0.3) is 0 Å². The SMILES string of the molecule is SOC1NN=CO1. The highest BCUT2D eigenvalue weighted by Crippen LogP contribution is 1.94. The summed E-state index contributed by atoms with van der Waals surface area (Å²) in [5.74, 6) is 0. The minimum Gasteiger partial charge on any atom is -0.432 e. The molecule has 0 saturated carbocycles. The molecule has 1 atom stereocenters. The molecule has 0 aromatic carbocycles. The fourth-order valence-electron chi connectivity index (χ4n) is 0.256. The largest absolute Gasteiger partial charge is 0.432 e. The molecule has 1 aliphatic heterocycles. The molecule has 0 aliphatic carbocycles. The number of hydrogen-bond acceptors (Lipinski definition) is 5. The summed E-state index contributed by atoms with van der Waals surface area (Å²) in [5, 5.41) is 3.46. The van der Waals surface area contributed by atoms with Gasteiger partial charge >= 0.3 is 6.41 Å². The van der Waals surface area contributed by atoms with Crippen LogP contribution in [-0.4, -0.2) is 12.8 Å². The molecule has 0 aromatic rings. The van der Waals surface area contributed by atoms with Crippen LogP contribution in [0.25, 0.3) is 0 Å². The number of hydrogen-bond donors (Lipinski definition) is 2. The van der Waals surface area contributed by atoms with Gasteiger partial charge in [0.05, 0.1) is 0 Å². The van der Waals surface area contributed by atoms with E-state index >= 15 is 0 Å². The Kier molecular flexibility index (Phi) is 1.38. The second kappa shape index (κ2) is 2.04. The predicted octanol–water partition coefficient (Wildman–Crippen LogP) is -0.306. The summed E-state index contributed by atoms with van der Waals surface area (Å²) in [6.07, 6.45) is 0.740. The van der Waals surface area contributed by atoms with Crippen LogP contribution < -0.4 is 5.43 Å². The summed E-state index contributed by atoms with van der Waals surface area (Å²) in [5.41, 5.74) is 2.45. The van der Waals surface area contributed by atoms with Gasteiger partial charge in [-0.1, -0.05) is 0 Å². The van der Waals surface area contributed by atoms with Crippen LogP contribution in [0, 0.1) is 0 Å². The Hall–Kier alpha value is -0.420. The maximum absolute atomic E-state index is 4.60. The van der Waals surface area contributed by atoms with Gasteiger partial charge in [-0.2, -0.15) is 0 Å². The Morgan fingerprint density at radius 3 is 3.14 bits per heavy atom. The first-order valence-electron chi connectivity index (χ1n) is 1.66. The van der Waals surface area contributed by atoms with E-state index in [4.69, 9.17) is 0 Å². The Morgan fingerprint density at radius 2 is 2.86 bits per heavy atom. The van der Waals surface area contributed by atoms with Crippen molar-refractivity contribution in [3.05, 3.63) is 0 Å². The molecule has 0 fully saturated rings. The van der Waals surface area contributed by atoms with Crippen LogP contribution in [0.3, 0.4) is 0 Å². The lowest BCUT2D eigenvalue weighted by Gasteiger charge is -2.01. The van der Waals surface area contributed by atoms with Crippen molar-refractivity contribution in [1.29, 1.82) is 0 Å². The van der Waals surface area contributed by atoms with Crippen LogP contribution in [0.1, 0.15) is 0 Å². The van der Waals surface area contributed by atoms with Gasteiger partial charge < -0.3 is 4.74 Å². The normalized spacial score (nSPS) is 26.7. The highest BCUT2D eigenvalue weighted by Gasteiger charge is 2.07. The van der Waals surface area contributed by atoms with Crippen molar-refractivity contribution in [1.82, 2.24) is 5.43 Å². The van der Waals surface area contributed by atoms with E-state index in [-0.39, 0.29) is 0 Å². The van der Waals surface area contributed by atoms with Gasteiger partial charge in [-0.25, -0.2) is 5.43 Å². The highest BCUT2D eigenvalue weighted by molar-refractivity contribution is 7.75. The number of rotatable bonds is 1. The van der Waals surface area contributed by atoms with Gasteiger partial charge in [0.2, 0.25) is 0 Å². The zero-order valence-electron chi connectivity index (χ0n) is 3.37. The number of nitrogens with zero attached hydrogens (tertiary/aromatic N) is 1. The highest BCUT2D eigenvalue weighted by atomic mass is 32.1. The standard InChI is InChI=1S/C2H4N2O2S/c7-6-2-4-3-1-5-2/h1-2,4,7H. The lowest BCUT2D eigenvalue weighted by Crippen LogP contribution is -2.20. The van der Waals surface area contributed by atoms with Crippen molar-refractivity contribution in [2.24, 2.45) is 5.10 Å². The summed E-state index contributed by atoms with van der Waals surface area (Å²) < 4.78 is 8.95. The first-order chi connectivity index (χ1) is 3.43. The zero-order valence-corrected chi connectivity index (χ0v) is 4.26. The maximum Gasteiger partial charge on any atom is 0.307 e. The molecule has 1 heterocycles. The van der Waals surface area contributed by atoms with E-state index in [9.17, 15) is 0 Å².